The van der Waals surface area contributed by atoms with E-state index in [1.165, 1.54) is 22.8 Å². The van der Waals surface area contributed by atoms with Crippen molar-refractivity contribution in [3.05, 3.63) is 93.4 Å². The van der Waals surface area contributed by atoms with Crippen LogP contribution in [0.25, 0.3) is 16.6 Å². The second kappa shape index (κ2) is 7.40. The zero-order valence-electron chi connectivity index (χ0n) is 15.0. The average Bonchev–Trinajstić information content (AvgIpc) is 2.68. The summed E-state index contributed by atoms with van der Waals surface area (Å²) in [6, 6.07) is 16.6. The van der Waals surface area contributed by atoms with Gasteiger partial charge in [0.1, 0.15) is 17.5 Å². The molecule has 0 atom stereocenters. The summed E-state index contributed by atoms with van der Waals surface area (Å²) in [5, 5.41) is 3.78. The van der Waals surface area contributed by atoms with Crippen molar-refractivity contribution in [1.29, 1.82) is 0 Å². The quantitative estimate of drug-likeness (QED) is 0.554. The number of pyridine rings is 1. The molecule has 140 valence electrons. The van der Waals surface area contributed by atoms with Crippen molar-refractivity contribution in [1.82, 2.24) is 14.5 Å². The Labute approximate surface area is 165 Å². The van der Waals surface area contributed by atoms with E-state index in [1.54, 1.807) is 24.3 Å². The minimum atomic E-state index is -0.494. The lowest BCUT2D eigenvalue weighted by Crippen LogP contribution is -2.26. The van der Waals surface area contributed by atoms with Gasteiger partial charge < -0.3 is 5.32 Å². The number of aromatic nitrogens is 3. The fraction of sp³-hybridized carbons (Fsp3) is 0.0952. The lowest BCUT2D eigenvalue weighted by molar-refractivity contribution is 0.629. The highest BCUT2D eigenvalue weighted by Crippen LogP contribution is 2.21. The zero-order chi connectivity index (χ0) is 19.7. The lowest BCUT2D eigenvalue weighted by Gasteiger charge is -2.15. The van der Waals surface area contributed by atoms with Crippen LogP contribution in [0, 0.1) is 12.7 Å². The molecule has 0 spiro atoms. The van der Waals surface area contributed by atoms with Gasteiger partial charge in [-0.2, -0.15) is 0 Å². The molecule has 28 heavy (non-hydrogen) atoms. The Hall–Kier alpha value is -3.25. The van der Waals surface area contributed by atoms with Crippen LogP contribution in [-0.4, -0.2) is 14.5 Å². The molecular weight excluding hydrogens is 379 g/mol. The first kappa shape index (κ1) is 18.1. The highest BCUT2D eigenvalue weighted by molar-refractivity contribution is 6.32. The van der Waals surface area contributed by atoms with Gasteiger partial charge in [0, 0.05) is 5.69 Å². The maximum Gasteiger partial charge on any atom is 0.266 e. The van der Waals surface area contributed by atoms with Crippen LogP contribution in [0.15, 0.2) is 65.5 Å². The molecule has 2 heterocycles. The second-order valence-corrected chi connectivity index (χ2v) is 6.71. The van der Waals surface area contributed by atoms with Crippen molar-refractivity contribution < 1.29 is 4.39 Å². The number of para-hydroxylation sites is 1. The van der Waals surface area contributed by atoms with Crippen molar-refractivity contribution in [2.75, 3.05) is 5.32 Å². The third-order valence-corrected chi connectivity index (χ3v) is 4.63. The molecule has 1 N–H and O–H groups in total. The minimum Gasteiger partial charge on any atom is -0.363 e. The molecule has 0 aliphatic rings. The number of benzene rings is 2. The van der Waals surface area contributed by atoms with Crippen LogP contribution in [0.1, 0.15) is 11.5 Å². The summed E-state index contributed by atoms with van der Waals surface area (Å²) in [5.74, 6) is 0.617. The number of fused-ring (bicyclic) bond motifs is 1. The van der Waals surface area contributed by atoms with Gasteiger partial charge in [-0.05, 0) is 49.4 Å². The highest BCUT2D eigenvalue weighted by atomic mass is 35.5. The number of hydrogen-bond donors (Lipinski definition) is 1. The molecule has 4 aromatic rings. The first-order valence-electron chi connectivity index (χ1n) is 8.66. The molecular formula is C21H16ClFN4O. The van der Waals surface area contributed by atoms with E-state index in [0.717, 1.165) is 5.69 Å². The van der Waals surface area contributed by atoms with Gasteiger partial charge in [0.25, 0.3) is 5.56 Å². The Balaban J connectivity index is 1.88. The average molecular weight is 395 g/mol. The van der Waals surface area contributed by atoms with E-state index in [0.29, 0.717) is 27.9 Å². The summed E-state index contributed by atoms with van der Waals surface area (Å²) < 4.78 is 15.1. The first-order chi connectivity index (χ1) is 13.5. The number of anilines is 1. The van der Waals surface area contributed by atoms with E-state index in [-0.39, 0.29) is 17.5 Å². The largest absolute Gasteiger partial charge is 0.363 e. The fourth-order valence-corrected chi connectivity index (χ4v) is 3.24. The molecule has 0 bridgehead atoms. The molecule has 0 radical (unpaired) electrons. The van der Waals surface area contributed by atoms with Crippen LogP contribution in [-0.2, 0) is 6.54 Å². The van der Waals surface area contributed by atoms with Crippen molar-refractivity contribution in [3.8, 4) is 5.69 Å². The molecule has 0 unspecified atom stereocenters. The van der Waals surface area contributed by atoms with Crippen LogP contribution >= 0.6 is 11.6 Å². The Morgan fingerprint density at radius 1 is 1.07 bits per heavy atom. The molecule has 0 aliphatic heterocycles. The Kier molecular flexibility index (Phi) is 4.79. The molecule has 5 nitrogen and oxygen atoms in total. The molecule has 2 aromatic heterocycles. The molecule has 2 aromatic carbocycles. The van der Waals surface area contributed by atoms with Gasteiger partial charge >= 0.3 is 0 Å². The van der Waals surface area contributed by atoms with Crippen molar-refractivity contribution in [2.24, 2.45) is 0 Å². The van der Waals surface area contributed by atoms with Crippen molar-refractivity contribution >= 4 is 28.3 Å². The summed E-state index contributed by atoms with van der Waals surface area (Å²) >= 11 is 6.33. The third-order valence-electron chi connectivity index (χ3n) is 4.31. The standard InChI is InChI=1S/C21H16ClFN4O/c1-13-5-4-8-19(25-13)24-12-20-26-17-10-9-14(23)11-15(17)21(28)27(20)18-7-3-2-6-16(18)22/h2-11H,12H2,1H3,(H,24,25). The van der Waals surface area contributed by atoms with Gasteiger partial charge in [-0.3, -0.25) is 9.36 Å². The molecule has 0 saturated heterocycles. The summed E-state index contributed by atoms with van der Waals surface area (Å²) in [4.78, 5) is 22.2. The van der Waals surface area contributed by atoms with E-state index in [4.69, 9.17) is 11.6 Å². The van der Waals surface area contributed by atoms with E-state index >= 15 is 0 Å². The van der Waals surface area contributed by atoms with Crippen molar-refractivity contribution in [2.45, 2.75) is 13.5 Å². The number of halogens is 2. The zero-order valence-corrected chi connectivity index (χ0v) is 15.7. The van der Waals surface area contributed by atoms with Crippen LogP contribution in [0.5, 0.6) is 0 Å². The Morgan fingerprint density at radius 2 is 1.89 bits per heavy atom. The first-order valence-corrected chi connectivity index (χ1v) is 9.04. The molecule has 0 fully saturated rings. The van der Waals surface area contributed by atoms with Gasteiger partial charge in [-0.25, -0.2) is 14.4 Å². The summed E-state index contributed by atoms with van der Waals surface area (Å²) in [6.45, 7) is 2.14. The van der Waals surface area contributed by atoms with Crippen LogP contribution in [0.2, 0.25) is 5.02 Å². The van der Waals surface area contributed by atoms with Crippen LogP contribution < -0.4 is 10.9 Å². The Morgan fingerprint density at radius 3 is 2.68 bits per heavy atom. The number of hydrogen-bond acceptors (Lipinski definition) is 4. The van der Waals surface area contributed by atoms with E-state index < -0.39 is 5.82 Å². The van der Waals surface area contributed by atoms with Crippen LogP contribution in [0.4, 0.5) is 10.2 Å². The van der Waals surface area contributed by atoms with Gasteiger partial charge in [-0.1, -0.05) is 29.8 Å². The van der Waals surface area contributed by atoms with Gasteiger partial charge in [-0.15, -0.1) is 0 Å². The smallest absolute Gasteiger partial charge is 0.266 e. The van der Waals surface area contributed by atoms with E-state index in [1.807, 2.05) is 25.1 Å². The fourth-order valence-electron chi connectivity index (χ4n) is 3.01. The third kappa shape index (κ3) is 3.46. The number of nitrogens with one attached hydrogen (secondary N) is 1. The number of aryl methyl sites for hydroxylation is 1. The SMILES string of the molecule is Cc1cccc(NCc2nc3ccc(F)cc3c(=O)n2-c2ccccc2Cl)n1. The molecule has 0 aliphatic carbocycles. The molecule has 4 rings (SSSR count). The Bertz CT molecular complexity index is 1240. The predicted octanol–water partition coefficient (Wildman–Crippen LogP) is 4.49. The maximum absolute atomic E-state index is 13.7. The lowest BCUT2D eigenvalue weighted by atomic mass is 10.2. The van der Waals surface area contributed by atoms with Gasteiger partial charge in [0.15, 0.2) is 0 Å². The van der Waals surface area contributed by atoms with E-state index in [9.17, 15) is 9.18 Å². The summed E-state index contributed by atoms with van der Waals surface area (Å²) in [7, 11) is 0. The molecule has 0 amide bonds. The topological polar surface area (TPSA) is 59.8 Å². The van der Waals surface area contributed by atoms with Gasteiger partial charge in [0.2, 0.25) is 0 Å². The number of nitrogens with zero attached hydrogens (tertiary/aromatic N) is 3. The number of rotatable bonds is 4. The highest BCUT2D eigenvalue weighted by Gasteiger charge is 2.15. The molecule has 7 heteroatoms. The van der Waals surface area contributed by atoms with E-state index in [2.05, 4.69) is 15.3 Å². The van der Waals surface area contributed by atoms with Gasteiger partial charge in [0.05, 0.1) is 28.2 Å². The summed E-state index contributed by atoms with van der Waals surface area (Å²) in [6.07, 6.45) is 0. The minimum absolute atomic E-state index is 0.192. The predicted molar refractivity (Wildman–Crippen MR) is 109 cm³/mol. The molecule has 0 saturated carbocycles. The monoisotopic (exact) mass is 394 g/mol. The van der Waals surface area contributed by atoms with Crippen molar-refractivity contribution in [3.63, 3.8) is 0 Å². The second-order valence-electron chi connectivity index (χ2n) is 6.30. The maximum atomic E-state index is 13.7. The van der Waals surface area contributed by atoms with Crippen LogP contribution in [0.3, 0.4) is 0 Å². The normalized spacial score (nSPS) is 11.0. The summed E-state index contributed by atoms with van der Waals surface area (Å²) in [5.41, 5.74) is 1.40.